The first kappa shape index (κ1) is 17.3. The van der Waals surface area contributed by atoms with E-state index in [0.29, 0.717) is 5.56 Å². The van der Waals surface area contributed by atoms with Crippen LogP contribution in [0.5, 0.6) is 0 Å². The first-order valence-electron chi connectivity index (χ1n) is 28.7. The summed E-state index contributed by atoms with van der Waals surface area (Å²) in [6.07, 6.45) is -11.7. The maximum absolute atomic E-state index is 9.31. The van der Waals surface area contributed by atoms with E-state index in [2.05, 4.69) is 22.1 Å². The molecule has 2 heterocycles. The molecule has 0 atom stereocenters. The van der Waals surface area contributed by atoms with Gasteiger partial charge in [0.15, 0.2) is 0 Å². The summed E-state index contributed by atoms with van der Waals surface area (Å²) in [5, 5.41) is 0. The standard InChI is InChI=1S/C25H28N.C24H22N.Ir/c1-17-10-11-21(15-22(17)24-18(2)8-7-9-19(24)3)23-14-20(12-13-26-23)16-25(4,5)6;1-16-7-9-18(10-8-16)23-22-14-24(13-21(22)17(2)15-25-23)11-19-5-3-4-6-20(19)12-24;/h7-10,12-15H,16H2,1-6H3;3-9,15H,11-14H2,1-2H3;/q2*-1;/i1D3,2D3,3D3,16D2;1D3,2D3,11D2,12D2,13D2,14D2;. The van der Waals surface area contributed by atoms with Gasteiger partial charge in [0.05, 0.1) is 0 Å². The molecule has 4 aromatic carbocycles. The molecule has 8 rings (SSSR count). The Morgan fingerprint density at radius 3 is 2.10 bits per heavy atom. The molecular weight excluding hydrogens is 809 g/mol. The smallest absolute Gasteiger partial charge is 0.0322 e. The van der Waals surface area contributed by atoms with Crippen LogP contribution in [0.25, 0.3) is 33.6 Å². The first-order valence-corrected chi connectivity index (χ1v) is 16.2. The number of nitrogens with zero attached hydrogens (tertiary/aromatic N) is 2. The third-order valence-corrected chi connectivity index (χ3v) is 8.18. The predicted octanol–water partition coefficient (Wildman–Crippen LogP) is 11.8. The third kappa shape index (κ3) is 7.92. The molecule has 0 fully saturated rings. The van der Waals surface area contributed by atoms with E-state index in [1.807, 2.05) is 0 Å². The van der Waals surface area contributed by atoms with Crippen molar-refractivity contribution in [3.8, 4) is 33.6 Å². The number of hydrogen-bond acceptors (Lipinski definition) is 2. The van der Waals surface area contributed by atoms with Crippen LogP contribution in [-0.4, -0.2) is 9.97 Å². The van der Waals surface area contributed by atoms with Crippen molar-refractivity contribution in [2.45, 2.75) is 86.9 Å². The second-order valence-electron chi connectivity index (χ2n) is 13.3. The van der Waals surface area contributed by atoms with Crippen molar-refractivity contribution in [1.82, 2.24) is 9.97 Å². The third-order valence-electron chi connectivity index (χ3n) is 8.18. The van der Waals surface area contributed by atoms with Gasteiger partial charge in [0.1, 0.15) is 0 Å². The minimum atomic E-state index is -3.20. The van der Waals surface area contributed by atoms with Crippen molar-refractivity contribution in [3.05, 3.63) is 165 Å². The topological polar surface area (TPSA) is 25.8 Å². The molecule has 0 unspecified atom stereocenters. The minimum Gasteiger partial charge on any atom is -0.305 e. The Balaban J connectivity index is 0.000000247. The molecule has 6 aromatic rings. The summed E-state index contributed by atoms with van der Waals surface area (Å²) in [6, 6.07) is 24.3. The molecule has 0 amide bonds. The Hall–Kier alpha value is -4.17. The number of aromatic nitrogens is 2. The number of benzene rings is 4. The molecule has 267 valence electrons. The number of pyridine rings is 2. The SMILES string of the molecule is [2H]C([2H])([2H])c1c[c-]c(-c2cc(C([2H])([2H])C(C)(C)C)ccn2)cc1-c1c(C([2H])([2H])[2H])cccc1C([2H])([2H])[2H].[2H]C([2H])([2H])c1c[c-]c(-c2ncc(C([2H])([2H])[2H])c3c2C([2H])([2H])C2(C([2H])([2H])c4ccccc4C2([2H])[2H])C3([2H])[2H])cc1.[Ir]. The van der Waals surface area contributed by atoms with Gasteiger partial charge in [-0.2, -0.15) is 0 Å². The van der Waals surface area contributed by atoms with E-state index in [0.717, 1.165) is 12.3 Å². The fourth-order valence-corrected chi connectivity index (χ4v) is 5.98. The molecular formula is C49H50IrN2-2. The zero-order valence-electron chi connectivity index (χ0n) is 53.5. The van der Waals surface area contributed by atoms with Gasteiger partial charge in [0, 0.05) is 66.8 Å². The van der Waals surface area contributed by atoms with E-state index in [1.54, 1.807) is 26.8 Å². The summed E-state index contributed by atoms with van der Waals surface area (Å²) < 4.78 is 210. The molecule has 2 aromatic heterocycles. The van der Waals surface area contributed by atoms with Crippen LogP contribution in [0.15, 0.2) is 97.3 Å². The quantitative estimate of drug-likeness (QED) is 0.165. The maximum Gasteiger partial charge on any atom is 0.0322 e. The van der Waals surface area contributed by atoms with Crippen molar-refractivity contribution in [2.75, 3.05) is 0 Å². The average Bonchev–Trinajstić information content (AvgIpc) is 3.55. The fourth-order valence-electron chi connectivity index (χ4n) is 5.98. The van der Waals surface area contributed by atoms with Gasteiger partial charge in [-0.3, -0.25) is 0 Å². The van der Waals surface area contributed by atoms with Gasteiger partial charge >= 0.3 is 0 Å². The van der Waals surface area contributed by atoms with Crippen LogP contribution < -0.4 is 0 Å². The summed E-state index contributed by atoms with van der Waals surface area (Å²) >= 11 is 0. The van der Waals surface area contributed by atoms with Gasteiger partial charge < -0.3 is 9.97 Å². The fraction of sp³-hybridized carbons (Fsp3) is 0.306. The van der Waals surface area contributed by atoms with Crippen LogP contribution >= 0.6 is 0 Å². The van der Waals surface area contributed by atoms with Crippen molar-refractivity contribution in [1.29, 1.82) is 0 Å². The van der Waals surface area contributed by atoms with Crippen molar-refractivity contribution in [3.63, 3.8) is 0 Å². The zero-order chi connectivity index (χ0) is 57.4. The number of fused-ring (bicyclic) bond motifs is 2. The Labute approximate surface area is 360 Å². The maximum atomic E-state index is 9.31. The molecule has 0 N–H and O–H groups in total. The molecule has 2 nitrogen and oxygen atoms in total. The summed E-state index contributed by atoms with van der Waals surface area (Å²) in [5.74, 6) is 0. The Bertz CT molecular complexity index is 3140. The van der Waals surface area contributed by atoms with E-state index in [1.165, 1.54) is 79.0 Å². The van der Waals surface area contributed by atoms with Crippen LogP contribution in [-0.2, 0) is 52.0 Å². The van der Waals surface area contributed by atoms with Gasteiger partial charge in [-0.1, -0.05) is 99.7 Å². The van der Waals surface area contributed by atoms with Crippen LogP contribution in [0.3, 0.4) is 0 Å². The molecule has 2 aliphatic rings. The second-order valence-corrected chi connectivity index (χ2v) is 13.3. The molecule has 1 spiro atoms. The molecule has 1 radical (unpaired) electrons. The minimum absolute atomic E-state index is 0. The van der Waals surface area contributed by atoms with Crippen molar-refractivity contribution >= 4 is 0 Å². The monoisotopic (exact) mass is 885 g/mol. The first-order chi connectivity index (χ1) is 34.3. The van der Waals surface area contributed by atoms with Crippen LogP contribution in [0.2, 0.25) is 0 Å². The van der Waals surface area contributed by atoms with E-state index in [4.69, 9.17) is 28.8 Å². The van der Waals surface area contributed by atoms with Crippen LogP contribution in [0.4, 0.5) is 0 Å². The Morgan fingerprint density at radius 1 is 0.731 bits per heavy atom. The van der Waals surface area contributed by atoms with Crippen molar-refractivity contribution < 1.29 is 54.4 Å². The molecule has 3 heteroatoms. The van der Waals surface area contributed by atoms with E-state index < -0.39 is 93.6 Å². The molecule has 0 saturated heterocycles. The molecule has 0 aliphatic heterocycles. The van der Waals surface area contributed by atoms with Crippen molar-refractivity contribution in [2.24, 2.45) is 10.8 Å². The predicted molar refractivity (Wildman–Crippen MR) is 213 cm³/mol. The number of aryl methyl sites for hydroxylation is 5. The molecule has 0 bridgehead atoms. The number of hydrogen-bond donors (Lipinski definition) is 0. The van der Waals surface area contributed by atoms with Crippen LogP contribution in [0.1, 0.15) is 111 Å². The Morgan fingerprint density at radius 2 is 1.44 bits per heavy atom. The largest absolute Gasteiger partial charge is 0.305 e. The van der Waals surface area contributed by atoms with Gasteiger partial charge in [-0.25, -0.2) is 0 Å². The van der Waals surface area contributed by atoms with Gasteiger partial charge in [0.2, 0.25) is 0 Å². The van der Waals surface area contributed by atoms with Gasteiger partial charge in [0.25, 0.3) is 0 Å². The van der Waals surface area contributed by atoms with E-state index in [9.17, 15) is 5.48 Å². The van der Waals surface area contributed by atoms with E-state index >= 15 is 0 Å². The van der Waals surface area contributed by atoms with Gasteiger partial charge in [-0.05, 0) is 120 Å². The molecule has 2 aliphatic carbocycles. The summed E-state index contributed by atoms with van der Waals surface area (Å²) in [7, 11) is 0. The average molecular weight is 884 g/mol. The summed E-state index contributed by atoms with van der Waals surface area (Å²) in [6.45, 7) is -8.29. The zero-order valence-corrected chi connectivity index (χ0v) is 30.9. The van der Waals surface area contributed by atoms with E-state index in [-0.39, 0.29) is 87.1 Å². The van der Waals surface area contributed by atoms with Crippen LogP contribution in [0, 0.1) is 57.2 Å². The summed E-state index contributed by atoms with van der Waals surface area (Å²) in [4.78, 5) is 8.47. The second kappa shape index (κ2) is 15.1. The normalized spacial score (nSPS) is 26.4. The molecule has 0 saturated carbocycles. The number of rotatable bonds is 4. The Kier molecular flexibility index (Phi) is 5.01. The van der Waals surface area contributed by atoms with Gasteiger partial charge in [-0.15, -0.1) is 64.7 Å². The summed E-state index contributed by atoms with van der Waals surface area (Å²) in [5.41, 5.74) is -6.75. The molecule has 52 heavy (non-hydrogen) atoms.